The summed E-state index contributed by atoms with van der Waals surface area (Å²) >= 11 is 2.71. The van der Waals surface area contributed by atoms with E-state index in [4.69, 9.17) is 5.11 Å². The lowest BCUT2D eigenvalue weighted by molar-refractivity contribution is -0.167. The van der Waals surface area contributed by atoms with Crippen LogP contribution in [0.25, 0.3) is 0 Å². The summed E-state index contributed by atoms with van der Waals surface area (Å²) in [5, 5.41) is 26.6. The molecule has 0 aromatic carbocycles. The van der Waals surface area contributed by atoms with Crippen molar-refractivity contribution in [1.82, 2.24) is 15.2 Å². The summed E-state index contributed by atoms with van der Waals surface area (Å²) in [5.41, 5.74) is -1.34. The number of hydrogen-bond acceptors (Lipinski definition) is 11. The first-order chi connectivity index (χ1) is 17.3. The first-order valence-corrected chi connectivity index (χ1v) is 12.4. The molecule has 1 aromatic heterocycles. The summed E-state index contributed by atoms with van der Waals surface area (Å²) in [7, 11) is 0. The number of fused-ring (bicyclic) bond motifs is 1. The minimum absolute atomic E-state index is 0.205. The molecule has 2 aliphatic heterocycles. The van der Waals surface area contributed by atoms with Crippen LogP contribution >= 0.6 is 34.9 Å². The molecule has 1 aromatic rings. The second kappa shape index (κ2) is 11.2. The Hall–Kier alpha value is -3.58. The number of nitrogens with zero attached hydrogens (tertiary/aromatic N) is 3. The first kappa shape index (κ1) is 28.0. The van der Waals surface area contributed by atoms with Crippen molar-refractivity contribution < 1.29 is 52.2 Å². The molecule has 1 unspecified atom stereocenters. The Labute approximate surface area is 216 Å². The number of thioether (sulfide) groups is 2. The predicted molar refractivity (Wildman–Crippen MR) is 124 cm³/mol. The minimum atomic E-state index is -5.20. The van der Waals surface area contributed by atoms with Crippen LogP contribution in [-0.2, 0) is 28.8 Å². The van der Waals surface area contributed by atoms with Crippen LogP contribution in [0.2, 0.25) is 0 Å². The summed E-state index contributed by atoms with van der Waals surface area (Å²) in [5.74, 6) is -6.79. The van der Waals surface area contributed by atoms with Crippen molar-refractivity contribution in [3.05, 3.63) is 33.7 Å². The van der Waals surface area contributed by atoms with Crippen molar-refractivity contribution in [1.29, 1.82) is 0 Å². The average Bonchev–Trinajstić information content (AvgIpc) is 3.27. The zero-order valence-electron chi connectivity index (χ0n) is 18.0. The maximum atomic E-state index is 12.9. The van der Waals surface area contributed by atoms with Gasteiger partial charge in [-0.25, -0.2) is 14.6 Å². The molecule has 2 aliphatic rings. The van der Waals surface area contributed by atoms with Crippen LogP contribution in [0.3, 0.4) is 0 Å². The largest absolute Gasteiger partial charge is 0.479 e. The van der Waals surface area contributed by atoms with Crippen LogP contribution < -0.4 is 10.6 Å². The van der Waals surface area contributed by atoms with E-state index in [9.17, 15) is 42.3 Å². The van der Waals surface area contributed by atoms with E-state index in [1.807, 2.05) is 0 Å². The molecule has 0 spiro atoms. The van der Waals surface area contributed by atoms with Crippen LogP contribution in [0.5, 0.6) is 0 Å². The smallest absolute Gasteiger partial charge is 0.471 e. The van der Waals surface area contributed by atoms with Gasteiger partial charge < -0.3 is 20.4 Å². The molecule has 0 radical (unpaired) electrons. The molecule has 3 amide bonds. The summed E-state index contributed by atoms with van der Waals surface area (Å²) < 4.78 is 37.5. The summed E-state index contributed by atoms with van der Waals surface area (Å²) in [6.07, 6.45) is -5.20. The molecule has 198 valence electrons. The van der Waals surface area contributed by atoms with Crippen LogP contribution in [0.1, 0.15) is 5.69 Å². The number of carbonyl (C=O) groups excluding carboxylic acids is 3. The number of alkyl halides is 3. The third kappa shape index (κ3) is 6.23. The number of carboxylic acids is 2. The van der Waals surface area contributed by atoms with Gasteiger partial charge in [0.1, 0.15) is 22.8 Å². The lowest BCUT2D eigenvalue weighted by Crippen LogP contribution is -2.71. The number of β-lactam (4-membered cyclic amide) rings is 1. The summed E-state index contributed by atoms with van der Waals surface area (Å²) in [6, 6.07) is -1.21. The van der Waals surface area contributed by atoms with Crippen molar-refractivity contribution in [3.8, 4) is 0 Å². The zero-order chi connectivity index (χ0) is 27.5. The number of rotatable bonds is 10. The fourth-order valence-corrected chi connectivity index (χ4v) is 5.82. The van der Waals surface area contributed by atoms with Crippen LogP contribution in [-0.4, -0.2) is 85.4 Å². The Morgan fingerprint density at radius 1 is 1.35 bits per heavy atom. The highest BCUT2D eigenvalue weighted by molar-refractivity contribution is 8.08. The number of amides is 3. The number of halogens is 3. The number of carboxylic acid groups (broad SMARTS) is 2. The highest BCUT2D eigenvalue weighted by atomic mass is 32.2. The van der Waals surface area contributed by atoms with Gasteiger partial charge in [0.15, 0.2) is 10.8 Å². The third-order valence-corrected chi connectivity index (χ3v) is 7.44. The Morgan fingerprint density at radius 3 is 2.65 bits per heavy atom. The molecular weight excluding hydrogens is 567 g/mol. The number of nitrogens with one attached hydrogen (secondary N) is 2. The maximum absolute atomic E-state index is 12.9. The van der Waals surface area contributed by atoms with Crippen LogP contribution in [0.4, 0.5) is 18.3 Å². The van der Waals surface area contributed by atoms with Crippen molar-refractivity contribution >= 4 is 75.4 Å². The SMILES string of the molecule is C=CSC1=C(C(=O)O)N2C(=O)C(NC(=O)/C(=N\OCC(=O)O)c3csc(NC(=O)C(F)(F)F)n3)[C@H]2SC1. The standard InChI is InChI=1S/C18H14F3N5O8S3/c1-2-35-7-5-36-14-10(13(30)26(14)11(7)15(31)32)23-12(29)9(25-34-3-8(27)28)6-4-37-17(22-6)24-16(33)18(19,20)21/h2,4,10,14H,1,3,5H2,(H,23,29)(H,27,28)(H,31,32)(H,22,24,33)/b25-9-/t10?,14-/m1/s1. The highest BCUT2D eigenvalue weighted by Gasteiger charge is 2.54. The minimum Gasteiger partial charge on any atom is -0.479 e. The van der Waals surface area contributed by atoms with Gasteiger partial charge in [-0.2, -0.15) is 13.2 Å². The lowest BCUT2D eigenvalue weighted by Gasteiger charge is -2.49. The number of hydrogen-bond donors (Lipinski definition) is 4. The van der Waals surface area contributed by atoms with Gasteiger partial charge >= 0.3 is 24.0 Å². The van der Waals surface area contributed by atoms with Gasteiger partial charge in [0.05, 0.1) is 0 Å². The van der Waals surface area contributed by atoms with Crippen molar-refractivity contribution in [2.45, 2.75) is 17.6 Å². The number of oxime groups is 1. The molecule has 0 saturated carbocycles. The molecule has 3 heterocycles. The van der Waals surface area contributed by atoms with Gasteiger partial charge in [-0.15, -0.1) is 23.1 Å². The molecule has 37 heavy (non-hydrogen) atoms. The predicted octanol–water partition coefficient (Wildman–Crippen LogP) is 1.02. The quantitative estimate of drug-likeness (QED) is 0.175. The van der Waals surface area contributed by atoms with E-state index in [2.05, 4.69) is 26.9 Å². The van der Waals surface area contributed by atoms with E-state index in [0.717, 1.165) is 33.8 Å². The van der Waals surface area contributed by atoms with E-state index < -0.39 is 64.7 Å². The zero-order valence-corrected chi connectivity index (χ0v) is 20.4. The number of anilines is 1. The molecule has 0 aliphatic carbocycles. The van der Waals surface area contributed by atoms with Crippen LogP contribution in [0, 0.1) is 0 Å². The van der Waals surface area contributed by atoms with Gasteiger partial charge in [-0.1, -0.05) is 23.5 Å². The molecular formula is C18H14F3N5O8S3. The molecule has 3 rings (SSSR count). The number of carbonyl (C=O) groups is 5. The molecule has 0 bridgehead atoms. The van der Waals surface area contributed by atoms with Gasteiger partial charge in [0.25, 0.3) is 11.8 Å². The second-order valence-corrected chi connectivity index (χ2v) is 9.84. The summed E-state index contributed by atoms with van der Waals surface area (Å²) in [4.78, 5) is 68.8. The van der Waals surface area contributed by atoms with Gasteiger partial charge in [0.2, 0.25) is 6.61 Å². The molecule has 13 nitrogen and oxygen atoms in total. The van der Waals surface area contributed by atoms with E-state index in [1.54, 1.807) is 0 Å². The Bertz CT molecular complexity index is 1230. The Kier molecular flexibility index (Phi) is 8.49. The monoisotopic (exact) mass is 581 g/mol. The third-order valence-electron chi connectivity index (χ3n) is 4.43. The molecule has 1 fully saturated rings. The van der Waals surface area contributed by atoms with Gasteiger partial charge in [-0.3, -0.25) is 24.6 Å². The number of aliphatic carboxylic acids is 2. The van der Waals surface area contributed by atoms with E-state index in [0.29, 0.717) is 16.2 Å². The van der Waals surface area contributed by atoms with Crippen molar-refractivity contribution in [2.24, 2.45) is 5.16 Å². The first-order valence-electron chi connectivity index (χ1n) is 9.60. The van der Waals surface area contributed by atoms with Crippen molar-refractivity contribution in [2.75, 3.05) is 17.7 Å². The Balaban J connectivity index is 1.81. The molecule has 4 N–H and O–H groups in total. The number of thiazole rings is 1. The molecule has 19 heteroatoms. The highest BCUT2D eigenvalue weighted by Crippen LogP contribution is 2.43. The van der Waals surface area contributed by atoms with Crippen molar-refractivity contribution in [3.63, 3.8) is 0 Å². The van der Waals surface area contributed by atoms with Gasteiger partial charge in [-0.05, 0) is 5.41 Å². The lowest BCUT2D eigenvalue weighted by atomic mass is 10.0. The fourth-order valence-electron chi connectivity index (χ4n) is 2.96. The maximum Gasteiger partial charge on any atom is 0.471 e. The van der Waals surface area contributed by atoms with E-state index in [-0.39, 0.29) is 17.1 Å². The summed E-state index contributed by atoms with van der Waals surface area (Å²) in [6.45, 7) is 2.54. The fraction of sp³-hybridized carbons (Fsp3) is 0.278. The van der Waals surface area contributed by atoms with E-state index >= 15 is 0 Å². The van der Waals surface area contributed by atoms with Gasteiger partial charge in [0, 0.05) is 16.0 Å². The second-order valence-electron chi connectivity index (χ2n) is 6.82. The van der Waals surface area contributed by atoms with E-state index in [1.165, 1.54) is 10.7 Å². The number of aromatic nitrogens is 1. The molecule has 2 atom stereocenters. The topological polar surface area (TPSA) is 188 Å². The average molecular weight is 582 g/mol. The Morgan fingerprint density at radius 2 is 2.05 bits per heavy atom. The normalized spacial score (nSPS) is 19.5. The van der Waals surface area contributed by atoms with Crippen LogP contribution in [0.15, 0.2) is 33.1 Å². The molecule has 1 saturated heterocycles.